The smallest absolute Gasteiger partial charge is 0.273 e. The molecule has 0 radical (unpaired) electrons. The van der Waals surface area contributed by atoms with Crippen LogP contribution in [0.5, 0.6) is 5.19 Å². The van der Waals surface area contributed by atoms with Gasteiger partial charge in [-0.1, -0.05) is 11.3 Å². The van der Waals surface area contributed by atoms with Gasteiger partial charge in [-0.05, 0) is 12.5 Å². The Morgan fingerprint density at radius 3 is 2.63 bits per heavy atom. The Labute approximate surface area is 160 Å². The maximum absolute atomic E-state index is 13.1. The number of aryl methyl sites for hydroxylation is 3. The fraction of sp³-hybridized carbons (Fsp3) is 0.421. The zero-order chi connectivity index (χ0) is 19.1. The number of piperidine rings is 1. The van der Waals surface area contributed by atoms with Crippen LogP contribution in [-0.4, -0.2) is 44.1 Å². The van der Waals surface area contributed by atoms with E-state index in [2.05, 4.69) is 4.98 Å². The van der Waals surface area contributed by atoms with Gasteiger partial charge in [0, 0.05) is 64.0 Å². The van der Waals surface area contributed by atoms with E-state index in [1.54, 1.807) is 30.2 Å². The van der Waals surface area contributed by atoms with Crippen LogP contribution < -0.4 is 10.3 Å². The molecule has 0 bridgehead atoms. The van der Waals surface area contributed by atoms with Gasteiger partial charge in [-0.15, -0.1) is 0 Å². The molecule has 4 heterocycles. The van der Waals surface area contributed by atoms with Crippen molar-refractivity contribution < 1.29 is 9.53 Å². The number of thiazole rings is 1. The van der Waals surface area contributed by atoms with Gasteiger partial charge in [0.2, 0.25) is 0 Å². The molecule has 3 aromatic heterocycles. The van der Waals surface area contributed by atoms with Crippen LogP contribution in [0.2, 0.25) is 0 Å². The topological polar surface area (TPSA) is 69.4 Å². The summed E-state index contributed by atoms with van der Waals surface area (Å²) < 4.78 is 9.28. The van der Waals surface area contributed by atoms with Crippen molar-refractivity contribution in [1.29, 1.82) is 0 Å². The summed E-state index contributed by atoms with van der Waals surface area (Å²) in [5.74, 6) is -0.0870. The number of ether oxygens (including phenoxy) is 1. The van der Waals surface area contributed by atoms with Crippen molar-refractivity contribution in [3.8, 4) is 5.19 Å². The van der Waals surface area contributed by atoms with E-state index in [1.807, 2.05) is 28.8 Å². The summed E-state index contributed by atoms with van der Waals surface area (Å²) in [5.41, 5.74) is 2.14. The molecule has 0 N–H and O–H groups in total. The standard InChI is InChI=1S/C19H22N4O3S/c1-12-10-22(3)18(25)15-14(11-21(2)16(12)15)17(24)23-7-4-13(5-8-23)26-19-20-6-9-27-19/h6,9-11,13H,4-5,7-8H2,1-3H3. The van der Waals surface area contributed by atoms with Crippen LogP contribution in [0.25, 0.3) is 10.9 Å². The van der Waals surface area contributed by atoms with Crippen molar-refractivity contribution in [1.82, 2.24) is 19.0 Å². The minimum absolute atomic E-state index is 0.0721. The highest BCUT2D eigenvalue weighted by Gasteiger charge is 2.28. The normalized spacial score (nSPS) is 15.4. The van der Waals surface area contributed by atoms with Gasteiger partial charge in [-0.25, -0.2) is 4.98 Å². The molecule has 1 amide bonds. The molecule has 1 fully saturated rings. The molecule has 0 aromatic carbocycles. The average molecular weight is 386 g/mol. The second-order valence-electron chi connectivity index (χ2n) is 7.01. The third kappa shape index (κ3) is 3.14. The van der Waals surface area contributed by atoms with Gasteiger partial charge in [0.1, 0.15) is 6.10 Å². The number of rotatable bonds is 3. The third-order valence-corrected chi connectivity index (χ3v) is 5.77. The van der Waals surface area contributed by atoms with Gasteiger partial charge in [-0.2, -0.15) is 0 Å². The zero-order valence-corrected chi connectivity index (χ0v) is 16.5. The number of fused-ring (bicyclic) bond motifs is 1. The predicted molar refractivity (Wildman–Crippen MR) is 105 cm³/mol. The molecule has 7 nitrogen and oxygen atoms in total. The Balaban J connectivity index is 1.57. The molecule has 4 rings (SSSR count). The number of hydrogen-bond donors (Lipinski definition) is 0. The average Bonchev–Trinajstić information content (AvgIpc) is 3.27. The number of carbonyl (C=O) groups excluding carboxylic acids is 1. The van der Waals surface area contributed by atoms with Gasteiger partial charge in [0.05, 0.1) is 16.5 Å². The van der Waals surface area contributed by atoms with Crippen LogP contribution >= 0.6 is 11.3 Å². The minimum atomic E-state index is -0.137. The van der Waals surface area contributed by atoms with Crippen molar-refractivity contribution in [2.75, 3.05) is 13.1 Å². The van der Waals surface area contributed by atoms with E-state index in [0.717, 1.165) is 23.9 Å². The number of pyridine rings is 1. The maximum Gasteiger partial charge on any atom is 0.273 e. The van der Waals surface area contributed by atoms with Crippen molar-refractivity contribution >= 4 is 28.1 Å². The van der Waals surface area contributed by atoms with Gasteiger partial charge >= 0.3 is 0 Å². The van der Waals surface area contributed by atoms with E-state index in [-0.39, 0.29) is 17.6 Å². The van der Waals surface area contributed by atoms with Crippen LogP contribution in [0.3, 0.4) is 0 Å². The van der Waals surface area contributed by atoms with Gasteiger partial charge in [0.15, 0.2) is 0 Å². The van der Waals surface area contributed by atoms with Crippen molar-refractivity contribution in [2.24, 2.45) is 14.1 Å². The monoisotopic (exact) mass is 386 g/mol. The second kappa shape index (κ2) is 6.84. The van der Waals surface area contributed by atoms with Crippen LogP contribution in [-0.2, 0) is 14.1 Å². The summed E-state index contributed by atoms with van der Waals surface area (Å²) in [6.07, 6.45) is 6.89. The molecule has 1 aliphatic heterocycles. The molecule has 3 aromatic rings. The van der Waals surface area contributed by atoms with E-state index in [0.29, 0.717) is 29.2 Å². The fourth-order valence-electron chi connectivity index (χ4n) is 3.83. The summed E-state index contributed by atoms with van der Waals surface area (Å²) in [6.45, 7) is 3.17. The summed E-state index contributed by atoms with van der Waals surface area (Å²) in [5, 5.41) is 3.07. The Kier molecular flexibility index (Phi) is 4.51. The Hall–Kier alpha value is -2.61. The van der Waals surface area contributed by atoms with Crippen molar-refractivity contribution in [2.45, 2.75) is 25.9 Å². The molecule has 0 unspecified atom stereocenters. The maximum atomic E-state index is 13.1. The van der Waals surface area contributed by atoms with Crippen LogP contribution in [0, 0.1) is 6.92 Å². The predicted octanol–water partition coefficient (Wildman–Crippen LogP) is 2.33. The lowest BCUT2D eigenvalue weighted by Crippen LogP contribution is -2.42. The highest BCUT2D eigenvalue weighted by Crippen LogP contribution is 2.25. The number of nitrogens with zero attached hydrogens (tertiary/aromatic N) is 4. The molecule has 142 valence electrons. The largest absolute Gasteiger partial charge is 0.467 e. The lowest BCUT2D eigenvalue weighted by atomic mass is 10.1. The molecular formula is C19H22N4O3S. The van der Waals surface area contributed by atoms with Crippen LogP contribution in [0.4, 0.5) is 0 Å². The highest BCUT2D eigenvalue weighted by atomic mass is 32.1. The van der Waals surface area contributed by atoms with E-state index in [4.69, 9.17) is 4.74 Å². The molecule has 1 saturated heterocycles. The Bertz CT molecular complexity index is 1040. The van der Waals surface area contributed by atoms with Crippen LogP contribution in [0.15, 0.2) is 28.8 Å². The number of aromatic nitrogens is 3. The van der Waals surface area contributed by atoms with E-state index < -0.39 is 0 Å². The first-order valence-corrected chi connectivity index (χ1v) is 9.84. The lowest BCUT2D eigenvalue weighted by Gasteiger charge is -2.31. The summed E-state index contributed by atoms with van der Waals surface area (Å²) in [6, 6.07) is 0. The first kappa shape index (κ1) is 17.8. The van der Waals surface area contributed by atoms with E-state index in [9.17, 15) is 9.59 Å². The number of amides is 1. The molecular weight excluding hydrogens is 364 g/mol. The summed E-state index contributed by atoms with van der Waals surface area (Å²) in [4.78, 5) is 31.8. The zero-order valence-electron chi connectivity index (χ0n) is 15.6. The molecule has 1 aliphatic rings. The van der Waals surface area contributed by atoms with Gasteiger partial charge < -0.3 is 18.8 Å². The number of hydrogen-bond acceptors (Lipinski definition) is 5. The SMILES string of the molecule is Cc1cn(C)c(=O)c2c(C(=O)N3CCC(Oc4nccs4)CC3)cn(C)c12. The van der Waals surface area contributed by atoms with E-state index >= 15 is 0 Å². The molecule has 0 spiro atoms. The summed E-state index contributed by atoms with van der Waals surface area (Å²) >= 11 is 1.48. The minimum Gasteiger partial charge on any atom is -0.467 e. The summed E-state index contributed by atoms with van der Waals surface area (Å²) in [7, 11) is 3.59. The quantitative estimate of drug-likeness (QED) is 0.693. The van der Waals surface area contributed by atoms with Crippen molar-refractivity contribution in [3.05, 3.63) is 45.5 Å². The lowest BCUT2D eigenvalue weighted by molar-refractivity contribution is 0.0596. The van der Waals surface area contributed by atoms with Crippen LogP contribution in [0.1, 0.15) is 28.8 Å². The van der Waals surface area contributed by atoms with Crippen molar-refractivity contribution in [3.63, 3.8) is 0 Å². The van der Waals surface area contributed by atoms with Gasteiger partial charge in [0.25, 0.3) is 16.7 Å². The highest BCUT2D eigenvalue weighted by molar-refractivity contribution is 7.11. The first-order chi connectivity index (χ1) is 13.0. The molecule has 27 heavy (non-hydrogen) atoms. The molecule has 0 saturated carbocycles. The molecule has 0 atom stereocenters. The third-order valence-electron chi connectivity index (χ3n) is 5.11. The number of likely N-dealkylation sites (tertiary alicyclic amines) is 1. The number of carbonyl (C=O) groups is 1. The Morgan fingerprint density at radius 2 is 1.96 bits per heavy atom. The molecule has 0 aliphatic carbocycles. The fourth-order valence-corrected chi connectivity index (χ4v) is 4.38. The second-order valence-corrected chi connectivity index (χ2v) is 7.87. The molecule has 8 heteroatoms. The van der Waals surface area contributed by atoms with Gasteiger partial charge in [-0.3, -0.25) is 9.59 Å². The first-order valence-electron chi connectivity index (χ1n) is 8.96. The Morgan fingerprint density at radius 1 is 1.22 bits per heavy atom. The van der Waals surface area contributed by atoms with E-state index in [1.165, 1.54) is 11.3 Å².